The Bertz CT molecular complexity index is 316. The van der Waals surface area contributed by atoms with E-state index in [2.05, 4.69) is 25.7 Å². The van der Waals surface area contributed by atoms with Crippen LogP contribution in [0.4, 0.5) is 0 Å². The van der Waals surface area contributed by atoms with Crippen LogP contribution in [0.2, 0.25) is 0 Å². The Morgan fingerprint density at radius 3 is 2.65 bits per heavy atom. The molecule has 0 aromatic heterocycles. The van der Waals surface area contributed by atoms with Crippen molar-refractivity contribution in [3.63, 3.8) is 0 Å². The lowest BCUT2D eigenvalue weighted by atomic mass is 9.63. The van der Waals surface area contributed by atoms with Gasteiger partial charge in [0.15, 0.2) is 0 Å². The van der Waals surface area contributed by atoms with Crippen molar-refractivity contribution in [2.75, 3.05) is 33.4 Å². The molecule has 0 radical (unpaired) electrons. The van der Waals surface area contributed by atoms with Gasteiger partial charge in [-0.1, -0.05) is 20.8 Å². The van der Waals surface area contributed by atoms with E-state index in [9.17, 15) is 0 Å². The number of piperidine rings is 1. The molecule has 1 aliphatic heterocycles. The lowest BCUT2D eigenvalue weighted by Gasteiger charge is -2.55. The van der Waals surface area contributed by atoms with Crippen LogP contribution in [0.5, 0.6) is 0 Å². The van der Waals surface area contributed by atoms with Crippen LogP contribution >= 0.6 is 0 Å². The van der Waals surface area contributed by atoms with Crippen LogP contribution in [0.3, 0.4) is 0 Å². The van der Waals surface area contributed by atoms with Gasteiger partial charge in [0, 0.05) is 25.7 Å². The molecule has 2 aliphatic rings. The summed E-state index contributed by atoms with van der Waals surface area (Å²) in [6, 6.07) is 0. The van der Waals surface area contributed by atoms with E-state index in [-0.39, 0.29) is 5.54 Å². The van der Waals surface area contributed by atoms with Gasteiger partial charge in [0.2, 0.25) is 0 Å². The molecular weight excluding hydrogens is 248 g/mol. The molecule has 2 rings (SSSR count). The van der Waals surface area contributed by atoms with Gasteiger partial charge in [-0.15, -0.1) is 0 Å². The van der Waals surface area contributed by atoms with Crippen LogP contribution < -0.4 is 5.73 Å². The van der Waals surface area contributed by atoms with Gasteiger partial charge in [-0.25, -0.2) is 0 Å². The van der Waals surface area contributed by atoms with Crippen molar-refractivity contribution in [3.8, 4) is 0 Å². The largest absolute Gasteiger partial charge is 0.384 e. The average molecular weight is 282 g/mol. The second-order valence-corrected chi connectivity index (χ2v) is 8.19. The topological polar surface area (TPSA) is 38.5 Å². The highest BCUT2D eigenvalue weighted by Crippen LogP contribution is 2.47. The zero-order chi connectivity index (χ0) is 14.8. The number of nitrogens with two attached hydrogens (primary N) is 1. The Morgan fingerprint density at radius 2 is 2.05 bits per heavy atom. The van der Waals surface area contributed by atoms with Gasteiger partial charge in [-0.3, -0.25) is 4.90 Å². The van der Waals surface area contributed by atoms with Crippen molar-refractivity contribution in [2.24, 2.45) is 23.0 Å². The first-order valence-corrected chi connectivity index (χ1v) is 8.35. The van der Waals surface area contributed by atoms with Gasteiger partial charge >= 0.3 is 0 Å². The molecule has 0 bridgehead atoms. The second kappa shape index (κ2) is 6.33. The lowest BCUT2D eigenvalue weighted by Crippen LogP contribution is -2.61. The van der Waals surface area contributed by atoms with E-state index < -0.39 is 0 Å². The van der Waals surface area contributed by atoms with Gasteiger partial charge in [0.05, 0.1) is 6.61 Å². The first kappa shape index (κ1) is 16.3. The molecule has 1 aliphatic carbocycles. The molecule has 1 saturated heterocycles. The van der Waals surface area contributed by atoms with Gasteiger partial charge in [0.1, 0.15) is 0 Å². The summed E-state index contributed by atoms with van der Waals surface area (Å²) in [6.45, 7) is 11.3. The number of methoxy groups -OCH3 is 1. The number of likely N-dealkylation sites (tertiary alicyclic amines) is 1. The third kappa shape index (κ3) is 3.55. The average Bonchev–Trinajstić information content (AvgIpc) is 2.37. The zero-order valence-corrected chi connectivity index (χ0v) is 14.0. The Balaban J connectivity index is 2.13. The fourth-order valence-corrected chi connectivity index (χ4v) is 5.09. The SMILES string of the molecule is COCC1CCCN(C2(CN)CC(C)CC(C)(C)C2)C1. The monoisotopic (exact) mass is 282 g/mol. The smallest absolute Gasteiger partial charge is 0.0502 e. The summed E-state index contributed by atoms with van der Waals surface area (Å²) in [5.74, 6) is 1.47. The number of nitrogens with zero attached hydrogens (tertiary/aromatic N) is 1. The Hall–Kier alpha value is -0.120. The molecule has 0 aromatic carbocycles. The van der Waals surface area contributed by atoms with Crippen LogP contribution in [0.1, 0.15) is 52.9 Å². The molecule has 3 heteroatoms. The maximum atomic E-state index is 6.30. The fraction of sp³-hybridized carbons (Fsp3) is 1.00. The maximum absolute atomic E-state index is 6.30. The van der Waals surface area contributed by atoms with Crippen molar-refractivity contribution in [1.82, 2.24) is 4.90 Å². The summed E-state index contributed by atoms with van der Waals surface area (Å²) < 4.78 is 5.39. The molecule has 1 saturated carbocycles. The van der Waals surface area contributed by atoms with Crippen LogP contribution in [0, 0.1) is 17.3 Å². The molecular formula is C17H34N2O. The van der Waals surface area contributed by atoms with Crippen LogP contribution in [-0.4, -0.2) is 43.8 Å². The van der Waals surface area contributed by atoms with Crippen LogP contribution in [-0.2, 0) is 4.74 Å². The predicted octanol–water partition coefficient (Wildman–Crippen LogP) is 2.89. The van der Waals surface area contributed by atoms with E-state index in [1.165, 1.54) is 45.2 Å². The molecule has 20 heavy (non-hydrogen) atoms. The summed E-state index contributed by atoms with van der Waals surface area (Å²) in [5.41, 5.74) is 6.95. The molecule has 118 valence electrons. The normalized spacial score (nSPS) is 38.9. The van der Waals surface area contributed by atoms with Crippen molar-refractivity contribution >= 4 is 0 Å². The van der Waals surface area contributed by atoms with E-state index in [1.54, 1.807) is 0 Å². The predicted molar refractivity (Wildman–Crippen MR) is 84.8 cm³/mol. The minimum atomic E-state index is 0.230. The lowest BCUT2D eigenvalue weighted by molar-refractivity contribution is -0.0411. The van der Waals surface area contributed by atoms with Crippen molar-refractivity contribution in [3.05, 3.63) is 0 Å². The second-order valence-electron chi connectivity index (χ2n) is 8.19. The van der Waals surface area contributed by atoms with E-state index in [1.807, 2.05) is 7.11 Å². The molecule has 2 fully saturated rings. The number of ether oxygens (including phenoxy) is 1. The van der Waals surface area contributed by atoms with Crippen molar-refractivity contribution in [2.45, 2.75) is 58.4 Å². The Labute approximate surface area is 125 Å². The maximum Gasteiger partial charge on any atom is 0.0502 e. The summed E-state index contributed by atoms with van der Waals surface area (Å²) in [6.07, 6.45) is 6.46. The fourth-order valence-electron chi connectivity index (χ4n) is 5.09. The number of hydrogen-bond acceptors (Lipinski definition) is 3. The van der Waals surface area contributed by atoms with Gasteiger partial charge in [-0.2, -0.15) is 0 Å². The molecule has 0 spiro atoms. The van der Waals surface area contributed by atoms with Gasteiger partial charge in [0.25, 0.3) is 0 Å². The van der Waals surface area contributed by atoms with E-state index in [0.29, 0.717) is 11.3 Å². The molecule has 2 N–H and O–H groups in total. The molecule has 3 nitrogen and oxygen atoms in total. The minimum absolute atomic E-state index is 0.230. The first-order chi connectivity index (χ1) is 9.41. The van der Waals surface area contributed by atoms with Gasteiger partial charge in [-0.05, 0) is 55.9 Å². The quantitative estimate of drug-likeness (QED) is 0.861. The third-order valence-electron chi connectivity index (χ3n) is 5.41. The summed E-state index contributed by atoms with van der Waals surface area (Å²) in [4.78, 5) is 2.72. The van der Waals surface area contributed by atoms with E-state index in [4.69, 9.17) is 10.5 Å². The van der Waals surface area contributed by atoms with Crippen LogP contribution in [0.15, 0.2) is 0 Å². The number of hydrogen-bond donors (Lipinski definition) is 1. The van der Waals surface area contributed by atoms with Crippen molar-refractivity contribution in [1.29, 1.82) is 0 Å². The zero-order valence-electron chi connectivity index (χ0n) is 14.0. The number of rotatable bonds is 4. The first-order valence-electron chi connectivity index (χ1n) is 8.35. The molecule has 3 atom stereocenters. The van der Waals surface area contributed by atoms with E-state index in [0.717, 1.165) is 19.1 Å². The molecule has 0 amide bonds. The Morgan fingerprint density at radius 1 is 1.30 bits per heavy atom. The highest BCUT2D eigenvalue weighted by Gasteiger charge is 2.46. The Kier molecular flexibility index (Phi) is 5.14. The summed E-state index contributed by atoms with van der Waals surface area (Å²) in [7, 11) is 1.82. The molecule has 1 heterocycles. The van der Waals surface area contributed by atoms with Crippen LogP contribution in [0.25, 0.3) is 0 Å². The van der Waals surface area contributed by atoms with Crippen molar-refractivity contribution < 1.29 is 4.74 Å². The standard InChI is InChI=1S/C17H34N2O/c1-14-8-16(2,3)12-17(9-14,13-18)19-7-5-6-15(10-19)11-20-4/h14-15H,5-13,18H2,1-4H3. The minimum Gasteiger partial charge on any atom is -0.384 e. The highest BCUT2D eigenvalue weighted by atomic mass is 16.5. The molecule has 3 unspecified atom stereocenters. The highest BCUT2D eigenvalue weighted by molar-refractivity contribution is 5.02. The van der Waals surface area contributed by atoms with E-state index >= 15 is 0 Å². The summed E-state index contributed by atoms with van der Waals surface area (Å²) >= 11 is 0. The third-order valence-corrected chi connectivity index (χ3v) is 5.41. The molecule has 0 aromatic rings. The van der Waals surface area contributed by atoms with Gasteiger partial charge < -0.3 is 10.5 Å². The summed E-state index contributed by atoms with van der Waals surface area (Å²) in [5, 5.41) is 0.